The molecule has 1 aliphatic heterocycles. The maximum Gasteiger partial charge on any atom is 0.168 e. The lowest BCUT2D eigenvalue weighted by molar-refractivity contribution is 0.414. The van der Waals surface area contributed by atoms with Crippen LogP contribution in [0.25, 0.3) is 16.7 Å². The molecule has 1 aliphatic rings. The maximum atomic E-state index is 5.20. The Morgan fingerprint density at radius 3 is 2.55 bits per heavy atom. The van der Waals surface area contributed by atoms with Crippen LogP contribution in [0.5, 0.6) is 5.75 Å². The predicted molar refractivity (Wildman–Crippen MR) is 84.7 cm³/mol. The molecule has 1 fully saturated rings. The lowest BCUT2D eigenvalue weighted by atomic mass is 10.3. The largest absolute Gasteiger partial charge is 0.497 e. The summed E-state index contributed by atoms with van der Waals surface area (Å²) in [6.07, 6.45) is 5.92. The fraction of sp³-hybridized carbons (Fsp3) is 0.312. The number of fused-ring (bicyclic) bond motifs is 1. The zero-order valence-electron chi connectivity index (χ0n) is 12.4. The van der Waals surface area contributed by atoms with E-state index in [9.17, 15) is 0 Å². The number of ether oxygens (including phenoxy) is 1. The van der Waals surface area contributed by atoms with E-state index in [0.717, 1.165) is 41.4 Å². The topological polar surface area (TPSA) is 56.1 Å². The van der Waals surface area contributed by atoms with Crippen molar-refractivity contribution >= 4 is 16.9 Å². The molecule has 1 aromatic carbocycles. The third-order valence-electron chi connectivity index (χ3n) is 4.07. The van der Waals surface area contributed by atoms with Crippen LogP contribution in [0.2, 0.25) is 0 Å². The normalized spacial score (nSPS) is 14.7. The van der Waals surface area contributed by atoms with Gasteiger partial charge in [-0.25, -0.2) is 14.6 Å². The SMILES string of the molecule is COc1ccc(-n2ncc3c(N4CCCC4)ncnc32)cc1. The number of nitrogens with zero attached hydrogens (tertiary/aromatic N) is 5. The molecule has 2 aromatic heterocycles. The molecule has 0 amide bonds. The van der Waals surface area contributed by atoms with Crippen LogP contribution in [-0.2, 0) is 0 Å². The molecule has 112 valence electrons. The van der Waals surface area contributed by atoms with Crippen molar-refractivity contribution in [3.63, 3.8) is 0 Å². The van der Waals surface area contributed by atoms with Gasteiger partial charge in [0.05, 0.1) is 24.4 Å². The summed E-state index contributed by atoms with van der Waals surface area (Å²) in [6, 6.07) is 7.79. The summed E-state index contributed by atoms with van der Waals surface area (Å²) in [4.78, 5) is 11.2. The third kappa shape index (κ3) is 2.07. The second-order valence-corrected chi connectivity index (χ2v) is 5.38. The first-order chi connectivity index (χ1) is 10.9. The molecule has 1 saturated heterocycles. The summed E-state index contributed by atoms with van der Waals surface area (Å²) >= 11 is 0. The Morgan fingerprint density at radius 1 is 1.05 bits per heavy atom. The number of anilines is 1. The van der Waals surface area contributed by atoms with Crippen molar-refractivity contribution in [3.8, 4) is 11.4 Å². The van der Waals surface area contributed by atoms with E-state index in [1.54, 1.807) is 13.4 Å². The minimum atomic E-state index is 0.826. The number of benzene rings is 1. The molecule has 0 atom stereocenters. The number of hydrogen-bond acceptors (Lipinski definition) is 5. The van der Waals surface area contributed by atoms with Crippen molar-refractivity contribution in [1.29, 1.82) is 0 Å². The molecule has 0 aliphatic carbocycles. The van der Waals surface area contributed by atoms with Gasteiger partial charge in [-0.05, 0) is 37.1 Å². The lowest BCUT2D eigenvalue weighted by Gasteiger charge is -2.16. The van der Waals surface area contributed by atoms with Crippen LogP contribution in [0.1, 0.15) is 12.8 Å². The monoisotopic (exact) mass is 295 g/mol. The summed E-state index contributed by atoms with van der Waals surface area (Å²) in [5, 5.41) is 5.50. The Balaban J connectivity index is 1.80. The Bertz CT molecular complexity index is 790. The van der Waals surface area contributed by atoms with Crippen molar-refractivity contribution in [1.82, 2.24) is 19.7 Å². The van der Waals surface area contributed by atoms with Crippen molar-refractivity contribution in [3.05, 3.63) is 36.8 Å². The van der Waals surface area contributed by atoms with E-state index >= 15 is 0 Å². The van der Waals surface area contributed by atoms with Gasteiger partial charge < -0.3 is 9.64 Å². The van der Waals surface area contributed by atoms with E-state index in [1.165, 1.54) is 12.8 Å². The Hall–Kier alpha value is -2.63. The van der Waals surface area contributed by atoms with Crippen LogP contribution in [-0.4, -0.2) is 39.9 Å². The number of hydrogen-bond donors (Lipinski definition) is 0. The highest BCUT2D eigenvalue weighted by molar-refractivity contribution is 5.87. The van der Waals surface area contributed by atoms with Gasteiger partial charge in [0.2, 0.25) is 0 Å². The Labute approximate surface area is 128 Å². The predicted octanol–water partition coefficient (Wildman–Crippen LogP) is 2.42. The standard InChI is InChI=1S/C16H17N5O/c1-22-13-6-4-12(5-7-13)21-16-14(10-19-21)15(17-11-18-16)20-8-2-3-9-20/h4-7,10-11H,2-3,8-9H2,1H3. The molecular weight excluding hydrogens is 278 g/mol. The molecule has 22 heavy (non-hydrogen) atoms. The van der Waals surface area contributed by atoms with Crippen molar-refractivity contribution in [2.45, 2.75) is 12.8 Å². The average molecular weight is 295 g/mol. The van der Waals surface area contributed by atoms with Crippen LogP contribution < -0.4 is 9.64 Å². The summed E-state index contributed by atoms with van der Waals surface area (Å²) in [7, 11) is 1.66. The van der Waals surface area contributed by atoms with Gasteiger partial charge in [0.1, 0.15) is 17.9 Å². The van der Waals surface area contributed by atoms with Gasteiger partial charge in [-0.1, -0.05) is 0 Å². The number of rotatable bonds is 3. The van der Waals surface area contributed by atoms with E-state index in [1.807, 2.05) is 35.1 Å². The number of methoxy groups -OCH3 is 1. The van der Waals surface area contributed by atoms with Crippen LogP contribution in [0, 0.1) is 0 Å². The van der Waals surface area contributed by atoms with E-state index < -0.39 is 0 Å². The van der Waals surface area contributed by atoms with Crippen LogP contribution in [0.4, 0.5) is 5.82 Å². The molecule has 6 nitrogen and oxygen atoms in total. The van der Waals surface area contributed by atoms with Gasteiger partial charge in [0.25, 0.3) is 0 Å². The molecule has 4 rings (SSSR count). The highest BCUT2D eigenvalue weighted by Crippen LogP contribution is 2.27. The van der Waals surface area contributed by atoms with Gasteiger partial charge >= 0.3 is 0 Å². The molecule has 0 unspecified atom stereocenters. The van der Waals surface area contributed by atoms with Gasteiger partial charge in [0.15, 0.2) is 5.65 Å². The van der Waals surface area contributed by atoms with Crippen molar-refractivity contribution in [2.75, 3.05) is 25.1 Å². The average Bonchev–Trinajstić information content (AvgIpc) is 3.24. The number of aromatic nitrogens is 4. The lowest BCUT2D eigenvalue weighted by Crippen LogP contribution is -2.19. The zero-order chi connectivity index (χ0) is 14.9. The van der Waals surface area contributed by atoms with Crippen molar-refractivity contribution < 1.29 is 4.74 Å². The highest BCUT2D eigenvalue weighted by Gasteiger charge is 2.19. The Kier molecular flexibility index (Phi) is 3.14. The van der Waals surface area contributed by atoms with E-state index in [2.05, 4.69) is 20.0 Å². The van der Waals surface area contributed by atoms with Gasteiger partial charge in [-0.3, -0.25) is 0 Å². The Morgan fingerprint density at radius 2 is 1.82 bits per heavy atom. The molecule has 0 N–H and O–H groups in total. The fourth-order valence-electron chi connectivity index (χ4n) is 2.93. The van der Waals surface area contributed by atoms with E-state index in [4.69, 9.17) is 4.74 Å². The highest BCUT2D eigenvalue weighted by atomic mass is 16.5. The molecule has 0 bridgehead atoms. The smallest absolute Gasteiger partial charge is 0.168 e. The molecular formula is C16H17N5O. The summed E-state index contributed by atoms with van der Waals surface area (Å²) in [5.41, 5.74) is 1.80. The minimum Gasteiger partial charge on any atom is -0.497 e. The third-order valence-corrected chi connectivity index (χ3v) is 4.07. The molecule has 0 radical (unpaired) electrons. The first kappa shape index (κ1) is 13.1. The summed E-state index contributed by atoms with van der Waals surface area (Å²) in [6.45, 7) is 2.11. The zero-order valence-corrected chi connectivity index (χ0v) is 12.4. The molecule has 0 saturated carbocycles. The minimum absolute atomic E-state index is 0.826. The molecule has 6 heteroatoms. The molecule has 3 aromatic rings. The van der Waals surface area contributed by atoms with Crippen LogP contribution in [0.15, 0.2) is 36.8 Å². The molecule has 3 heterocycles. The summed E-state index contributed by atoms with van der Waals surface area (Å²) in [5.74, 6) is 1.81. The van der Waals surface area contributed by atoms with Crippen molar-refractivity contribution in [2.24, 2.45) is 0 Å². The molecule has 0 spiro atoms. The second kappa shape index (κ2) is 5.29. The van der Waals surface area contributed by atoms with Gasteiger partial charge in [-0.15, -0.1) is 0 Å². The van der Waals surface area contributed by atoms with Crippen LogP contribution >= 0.6 is 0 Å². The fourth-order valence-corrected chi connectivity index (χ4v) is 2.93. The van der Waals surface area contributed by atoms with Gasteiger partial charge in [0, 0.05) is 13.1 Å². The first-order valence-corrected chi connectivity index (χ1v) is 7.45. The maximum absolute atomic E-state index is 5.20. The first-order valence-electron chi connectivity index (χ1n) is 7.45. The van der Waals surface area contributed by atoms with Crippen LogP contribution in [0.3, 0.4) is 0 Å². The van der Waals surface area contributed by atoms with E-state index in [-0.39, 0.29) is 0 Å². The second-order valence-electron chi connectivity index (χ2n) is 5.38. The van der Waals surface area contributed by atoms with E-state index in [0.29, 0.717) is 0 Å². The quantitative estimate of drug-likeness (QED) is 0.743. The summed E-state index contributed by atoms with van der Waals surface area (Å²) < 4.78 is 7.04. The van der Waals surface area contributed by atoms with Gasteiger partial charge in [-0.2, -0.15) is 5.10 Å².